The fourth-order valence-corrected chi connectivity index (χ4v) is 5.79. The number of aliphatic imine (C=N–C) groups is 1. The van der Waals surface area contributed by atoms with E-state index in [-0.39, 0.29) is 11.8 Å². The van der Waals surface area contributed by atoms with Gasteiger partial charge in [0, 0.05) is 29.0 Å². The number of piperidine rings is 1. The SMILES string of the molecule is [C-]#[N+]C1C(C2CCN(S(C)(=O)=O)CC2)=Nc2[nH]ncc2C1c1cccc(C#N)c1Br. The van der Waals surface area contributed by atoms with Gasteiger partial charge >= 0.3 is 0 Å². The highest BCUT2D eigenvalue weighted by Gasteiger charge is 2.45. The maximum Gasteiger partial charge on any atom is 0.272 e. The number of aromatic nitrogens is 2. The number of benzene rings is 1. The topological polar surface area (TPSA) is 107 Å². The molecule has 0 bridgehead atoms. The highest BCUT2D eigenvalue weighted by Crippen LogP contribution is 2.44. The van der Waals surface area contributed by atoms with E-state index in [9.17, 15) is 13.7 Å². The van der Waals surface area contributed by atoms with Gasteiger partial charge in [0.15, 0.2) is 5.82 Å². The Hall–Kier alpha value is -2.53. The van der Waals surface area contributed by atoms with Crippen LogP contribution in [0.25, 0.3) is 4.85 Å². The third kappa shape index (κ3) is 3.56. The number of rotatable bonds is 3. The molecule has 2 aliphatic rings. The van der Waals surface area contributed by atoms with E-state index in [0.717, 1.165) is 16.8 Å². The van der Waals surface area contributed by atoms with Gasteiger partial charge in [-0.05, 0) is 40.4 Å². The molecule has 3 heterocycles. The summed E-state index contributed by atoms with van der Waals surface area (Å²) in [6, 6.07) is 7.10. The van der Waals surface area contributed by atoms with Gasteiger partial charge < -0.3 is 4.85 Å². The largest absolute Gasteiger partial charge is 0.306 e. The molecule has 2 unspecified atom stereocenters. The van der Waals surface area contributed by atoms with Gasteiger partial charge in [0.1, 0.15) is 11.8 Å². The lowest BCUT2D eigenvalue weighted by atomic mass is 9.76. The Morgan fingerprint density at radius 3 is 2.70 bits per heavy atom. The first kappa shape index (κ1) is 20.7. The summed E-state index contributed by atoms with van der Waals surface area (Å²) in [5.41, 5.74) is 2.93. The highest BCUT2D eigenvalue weighted by molar-refractivity contribution is 9.10. The Morgan fingerprint density at radius 2 is 2.07 bits per heavy atom. The average Bonchev–Trinajstić information content (AvgIpc) is 3.20. The molecule has 1 N–H and O–H groups in total. The Balaban J connectivity index is 1.75. The van der Waals surface area contributed by atoms with Crippen molar-refractivity contribution >= 4 is 37.5 Å². The Labute approximate surface area is 183 Å². The molecule has 1 aromatic heterocycles. The third-order valence-electron chi connectivity index (χ3n) is 5.81. The van der Waals surface area contributed by atoms with Gasteiger partial charge in [-0.15, -0.1) is 0 Å². The van der Waals surface area contributed by atoms with Crippen LogP contribution in [-0.4, -0.2) is 54.0 Å². The lowest BCUT2D eigenvalue weighted by Crippen LogP contribution is -2.43. The number of hydrogen-bond donors (Lipinski definition) is 1. The molecule has 10 heteroatoms. The standard InChI is InChI=1S/C20H19BrN6O2S/c1-23-19-16(14-5-3-4-13(10-22)17(14)21)15-11-24-26-20(15)25-18(19)12-6-8-27(9-7-12)30(2,28)29/h3-5,11-12,16,19H,6-9H2,2H3,(H,24,26). The summed E-state index contributed by atoms with van der Waals surface area (Å²) < 4.78 is 25.9. The van der Waals surface area contributed by atoms with E-state index in [0.29, 0.717) is 41.8 Å². The molecule has 0 amide bonds. The lowest BCUT2D eigenvalue weighted by Gasteiger charge is -2.33. The van der Waals surface area contributed by atoms with Crippen molar-refractivity contribution in [2.45, 2.75) is 24.8 Å². The van der Waals surface area contributed by atoms with Crippen LogP contribution in [0.4, 0.5) is 5.82 Å². The fourth-order valence-electron chi connectivity index (χ4n) is 4.31. The number of halogens is 1. The van der Waals surface area contributed by atoms with Crippen molar-refractivity contribution in [1.29, 1.82) is 5.26 Å². The zero-order chi connectivity index (χ0) is 21.5. The van der Waals surface area contributed by atoms with Gasteiger partial charge in [0.2, 0.25) is 10.0 Å². The lowest BCUT2D eigenvalue weighted by molar-refractivity contribution is 0.315. The van der Waals surface area contributed by atoms with Crippen LogP contribution >= 0.6 is 15.9 Å². The van der Waals surface area contributed by atoms with E-state index in [1.54, 1.807) is 12.3 Å². The fraction of sp³-hybridized carbons (Fsp3) is 0.400. The predicted octanol–water partition coefficient (Wildman–Crippen LogP) is 3.22. The third-order valence-corrected chi connectivity index (χ3v) is 7.99. The van der Waals surface area contributed by atoms with E-state index in [2.05, 4.69) is 37.0 Å². The Bertz CT molecular complexity index is 1200. The van der Waals surface area contributed by atoms with Gasteiger partial charge in [-0.1, -0.05) is 12.1 Å². The van der Waals surface area contributed by atoms with Crippen molar-refractivity contribution in [2.24, 2.45) is 10.9 Å². The quantitative estimate of drug-likeness (QED) is 0.671. The number of nitriles is 1. The first-order valence-electron chi connectivity index (χ1n) is 9.47. The molecule has 2 aliphatic heterocycles. The number of hydrogen-bond acceptors (Lipinski definition) is 5. The van der Waals surface area contributed by atoms with Gasteiger partial charge in [-0.3, -0.25) is 5.10 Å². The second kappa shape index (κ2) is 7.95. The van der Waals surface area contributed by atoms with Crippen molar-refractivity contribution in [3.8, 4) is 6.07 Å². The normalized spacial score (nSPS) is 22.6. The zero-order valence-electron chi connectivity index (χ0n) is 16.2. The Morgan fingerprint density at radius 1 is 1.33 bits per heavy atom. The van der Waals surface area contributed by atoms with Gasteiger partial charge in [-0.2, -0.15) is 10.4 Å². The minimum atomic E-state index is -3.23. The summed E-state index contributed by atoms with van der Waals surface area (Å²) in [6.07, 6.45) is 4.15. The molecule has 8 nitrogen and oxygen atoms in total. The molecule has 0 aliphatic carbocycles. The molecule has 1 aromatic carbocycles. The van der Waals surface area contributed by atoms with E-state index >= 15 is 0 Å². The van der Waals surface area contributed by atoms with Crippen molar-refractivity contribution in [1.82, 2.24) is 14.5 Å². The van der Waals surface area contributed by atoms with Crippen LogP contribution in [0.1, 0.15) is 35.4 Å². The summed E-state index contributed by atoms with van der Waals surface area (Å²) >= 11 is 3.55. The van der Waals surface area contributed by atoms with Crippen molar-refractivity contribution < 1.29 is 8.42 Å². The summed E-state index contributed by atoms with van der Waals surface area (Å²) in [7, 11) is -3.23. The molecule has 30 heavy (non-hydrogen) atoms. The van der Waals surface area contributed by atoms with E-state index < -0.39 is 16.1 Å². The van der Waals surface area contributed by atoms with E-state index in [4.69, 9.17) is 11.6 Å². The molecule has 2 aromatic rings. The molecular weight excluding hydrogens is 468 g/mol. The van der Waals surface area contributed by atoms with Crippen LogP contribution in [0, 0.1) is 23.8 Å². The van der Waals surface area contributed by atoms with Gasteiger partial charge in [0.25, 0.3) is 6.04 Å². The molecule has 4 rings (SSSR count). The maximum atomic E-state index is 11.9. The first-order chi connectivity index (χ1) is 14.3. The number of sulfonamides is 1. The van der Waals surface area contributed by atoms with E-state index in [1.807, 2.05) is 12.1 Å². The second-order valence-corrected chi connectivity index (χ2v) is 10.3. The summed E-state index contributed by atoms with van der Waals surface area (Å²) in [6.45, 7) is 8.79. The minimum absolute atomic E-state index is 0.0129. The first-order valence-corrected chi connectivity index (χ1v) is 12.1. The molecule has 2 atom stereocenters. The molecular formula is C20H19BrN6O2S. The van der Waals surface area contributed by atoms with Gasteiger partial charge in [0.05, 0.1) is 23.9 Å². The summed E-state index contributed by atoms with van der Waals surface area (Å²) in [5.74, 6) is 0.313. The summed E-state index contributed by atoms with van der Waals surface area (Å²) in [5, 5.41) is 16.5. The highest BCUT2D eigenvalue weighted by atomic mass is 79.9. The van der Waals surface area contributed by atoms with Crippen molar-refractivity contribution in [3.05, 3.63) is 57.0 Å². The van der Waals surface area contributed by atoms with Crippen molar-refractivity contribution in [2.75, 3.05) is 19.3 Å². The van der Waals surface area contributed by atoms with Crippen LogP contribution in [0.5, 0.6) is 0 Å². The number of nitrogens with zero attached hydrogens (tertiary/aromatic N) is 5. The summed E-state index contributed by atoms with van der Waals surface area (Å²) in [4.78, 5) is 8.70. The van der Waals surface area contributed by atoms with Crippen LogP contribution in [0.15, 0.2) is 33.9 Å². The van der Waals surface area contributed by atoms with Gasteiger partial charge in [-0.25, -0.2) is 24.3 Å². The molecule has 0 radical (unpaired) electrons. The molecule has 154 valence electrons. The average molecular weight is 487 g/mol. The van der Waals surface area contributed by atoms with Crippen LogP contribution in [0.3, 0.4) is 0 Å². The molecule has 1 fully saturated rings. The molecule has 0 spiro atoms. The number of H-pyrrole nitrogens is 1. The van der Waals surface area contributed by atoms with Crippen molar-refractivity contribution in [3.63, 3.8) is 0 Å². The second-order valence-electron chi connectivity index (χ2n) is 7.52. The van der Waals surface area contributed by atoms with Crippen LogP contribution in [-0.2, 0) is 10.0 Å². The minimum Gasteiger partial charge on any atom is -0.306 e. The smallest absolute Gasteiger partial charge is 0.272 e. The Kier molecular flexibility index (Phi) is 5.49. The number of fused-ring (bicyclic) bond motifs is 1. The number of nitrogens with one attached hydrogen (secondary N) is 1. The van der Waals surface area contributed by atoms with Crippen LogP contribution < -0.4 is 0 Å². The zero-order valence-corrected chi connectivity index (χ0v) is 18.6. The maximum absolute atomic E-state index is 11.9. The monoisotopic (exact) mass is 486 g/mol. The molecule has 1 saturated heterocycles. The predicted molar refractivity (Wildman–Crippen MR) is 116 cm³/mol. The van der Waals surface area contributed by atoms with E-state index in [1.165, 1.54) is 10.6 Å². The molecule has 0 saturated carbocycles. The number of aromatic amines is 1. The van der Waals surface area contributed by atoms with Crippen LogP contribution in [0.2, 0.25) is 0 Å².